The lowest BCUT2D eigenvalue weighted by atomic mass is 10.2. The number of thiocarbonyl (C=S) groups is 1. The van der Waals surface area contributed by atoms with Gasteiger partial charge in [-0.3, -0.25) is 10.1 Å². The van der Waals surface area contributed by atoms with E-state index in [1.807, 2.05) is 17.5 Å². The molecule has 0 aliphatic rings. The third-order valence-electron chi connectivity index (χ3n) is 2.55. The molecule has 0 saturated carbocycles. The molecule has 0 bridgehead atoms. The molecule has 4 nitrogen and oxygen atoms in total. The van der Waals surface area contributed by atoms with Gasteiger partial charge in [-0.25, -0.2) is 0 Å². The van der Waals surface area contributed by atoms with E-state index in [-0.39, 0.29) is 17.6 Å². The Balaban J connectivity index is 1.87. The number of carbonyl (C=O) groups is 1. The van der Waals surface area contributed by atoms with Gasteiger partial charge in [-0.1, -0.05) is 18.2 Å². The average molecular weight is 318 g/mol. The third-order valence-corrected chi connectivity index (χ3v) is 3.59. The van der Waals surface area contributed by atoms with Crippen molar-refractivity contribution in [1.29, 1.82) is 0 Å². The quantitative estimate of drug-likeness (QED) is 0.599. The summed E-state index contributed by atoms with van der Waals surface area (Å²) < 4.78 is 0. The number of aliphatic hydroxyl groups excluding tert-OH is 1. The van der Waals surface area contributed by atoms with Gasteiger partial charge in [-0.05, 0) is 47.4 Å². The molecule has 6 heteroatoms. The van der Waals surface area contributed by atoms with Gasteiger partial charge in [0.15, 0.2) is 5.11 Å². The number of benzene rings is 1. The molecule has 2 aromatic rings. The minimum Gasteiger partial charge on any atom is -0.392 e. The van der Waals surface area contributed by atoms with Gasteiger partial charge in [-0.15, -0.1) is 11.3 Å². The maximum Gasteiger partial charge on any atom is 0.250 e. The minimum atomic E-state index is -0.292. The first-order chi connectivity index (χ1) is 10.2. The molecule has 1 heterocycles. The molecule has 21 heavy (non-hydrogen) atoms. The van der Waals surface area contributed by atoms with Crippen molar-refractivity contribution in [2.45, 2.75) is 6.61 Å². The summed E-state index contributed by atoms with van der Waals surface area (Å²) in [6.45, 7) is -0.0435. The van der Waals surface area contributed by atoms with Crippen LogP contribution in [0.15, 0.2) is 47.9 Å². The van der Waals surface area contributed by atoms with Gasteiger partial charge in [0.1, 0.15) is 0 Å². The Morgan fingerprint density at radius 2 is 2.19 bits per heavy atom. The van der Waals surface area contributed by atoms with Crippen molar-refractivity contribution < 1.29 is 9.90 Å². The van der Waals surface area contributed by atoms with E-state index in [0.717, 1.165) is 10.4 Å². The van der Waals surface area contributed by atoms with E-state index in [1.165, 1.54) is 6.08 Å². The second-order valence-electron chi connectivity index (χ2n) is 4.15. The number of amides is 1. The molecule has 108 valence electrons. The van der Waals surface area contributed by atoms with Gasteiger partial charge in [0.25, 0.3) is 0 Å². The molecule has 3 N–H and O–H groups in total. The van der Waals surface area contributed by atoms with E-state index in [4.69, 9.17) is 17.3 Å². The van der Waals surface area contributed by atoms with E-state index in [0.29, 0.717) is 5.69 Å². The maximum atomic E-state index is 11.7. The lowest BCUT2D eigenvalue weighted by molar-refractivity contribution is -0.115. The van der Waals surface area contributed by atoms with Gasteiger partial charge in [0.2, 0.25) is 5.91 Å². The fourth-order valence-electron chi connectivity index (χ4n) is 1.61. The largest absolute Gasteiger partial charge is 0.392 e. The van der Waals surface area contributed by atoms with Crippen LogP contribution in [0.25, 0.3) is 6.08 Å². The molecule has 1 amide bonds. The molecule has 1 aromatic heterocycles. The highest BCUT2D eigenvalue weighted by Crippen LogP contribution is 2.11. The summed E-state index contributed by atoms with van der Waals surface area (Å²) in [5.41, 5.74) is 1.49. The van der Waals surface area contributed by atoms with Gasteiger partial charge >= 0.3 is 0 Å². The number of anilines is 1. The Morgan fingerprint density at radius 1 is 1.33 bits per heavy atom. The summed E-state index contributed by atoms with van der Waals surface area (Å²) in [5.74, 6) is -0.292. The highest BCUT2D eigenvalue weighted by molar-refractivity contribution is 7.80. The summed E-state index contributed by atoms with van der Waals surface area (Å²) in [7, 11) is 0. The summed E-state index contributed by atoms with van der Waals surface area (Å²) in [4.78, 5) is 12.7. The highest BCUT2D eigenvalue weighted by atomic mass is 32.1. The van der Waals surface area contributed by atoms with Gasteiger partial charge in [0, 0.05) is 16.6 Å². The van der Waals surface area contributed by atoms with E-state index in [2.05, 4.69) is 10.6 Å². The molecule has 0 fully saturated rings. The molecule has 1 aromatic carbocycles. The summed E-state index contributed by atoms with van der Waals surface area (Å²) >= 11 is 6.62. The maximum absolute atomic E-state index is 11.7. The topological polar surface area (TPSA) is 61.4 Å². The zero-order valence-corrected chi connectivity index (χ0v) is 12.7. The van der Waals surface area contributed by atoms with Gasteiger partial charge in [0.05, 0.1) is 6.61 Å². The molecule has 0 spiro atoms. The first kappa shape index (κ1) is 15.4. The van der Waals surface area contributed by atoms with E-state index in [9.17, 15) is 4.79 Å². The predicted octanol–water partition coefficient (Wildman–Crippen LogP) is 2.77. The molecule has 0 saturated heterocycles. The Morgan fingerprint density at radius 3 is 2.90 bits per heavy atom. The van der Waals surface area contributed by atoms with Crippen molar-refractivity contribution in [3.8, 4) is 0 Å². The molecule has 0 aliphatic carbocycles. The number of nitrogens with one attached hydrogen (secondary N) is 2. The van der Waals surface area contributed by atoms with Crippen LogP contribution < -0.4 is 10.6 Å². The fourth-order valence-corrected chi connectivity index (χ4v) is 2.44. The standard InChI is InChI=1S/C15H14N2O2S2/c18-10-11-3-1-4-12(9-11)16-15(20)17-14(19)7-6-13-5-2-8-21-13/h1-9,18H,10H2,(H2,16,17,19,20). The Kier molecular flexibility index (Phi) is 5.62. The van der Waals surface area contributed by atoms with Crippen LogP contribution >= 0.6 is 23.6 Å². The Labute approximate surface area is 132 Å². The van der Waals surface area contributed by atoms with Crippen molar-refractivity contribution in [3.63, 3.8) is 0 Å². The number of hydrogen-bond acceptors (Lipinski definition) is 4. The highest BCUT2D eigenvalue weighted by Gasteiger charge is 2.02. The minimum absolute atomic E-state index is 0.0435. The third kappa shape index (κ3) is 5.11. The summed E-state index contributed by atoms with van der Waals surface area (Å²) in [6, 6.07) is 11.0. The second-order valence-corrected chi connectivity index (χ2v) is 5.54. The van der Waals surface area contributed by atoms with Crippen molar-refractivity contribution in [2.75, 3.05) is 5.32 Å². The first-order valence-electron chi connectivity index (χ1n) is 6.21. The van der Waals surface area contributed by atoms with Gasteiger partial charge in [-0.2, -0.15) is 0 Å². The molecule has 0 atom stereocenters. The van der Waals surface area contributed by atoms with Crippen molar-refractivity contribution >= 4 is 46.3 Å². The molecular formula is C15H14N2O2S2. The zero-order chi connectivity index (χ0) is 15.1. The fraction of sp³-hybridized carbons (Fsp3) is 0.0667. The van der Waals surface area contributed by atoms with Crippen LogP contribution in [0.3, 0.4) is 0 Å². The molecule has 2 rings (SSSR count). The monoisotopic (exact) mass is 318 g/mol. The van der Waals surface area contributed by atoms with Crippen LogP contribution in [0, 0.1) is 0 Å². The Hall–Kier alpha value is -2.02. The smallest absolute Gasteiger partial charge is 0.250 e. The number of carbonyl (C=O) groups excluding carboxylic acids is 1. The summed E-state index contributed by atoms with van der Waals surface area (Å²) in [5, 5.41) is 16.7. The number of aliphatic hydroxyl groups is 1. The normalized spacial score (nSPS) is 10.5. The van der Waals surface area contributed by atoms with Crippen LogP contribution in [0.5, 0.6) is 0 Å². The number of rotatable bonds is 4. The zero-order valence-electron chi connectivity index (χ0n) is 11.1. The van der Waals surface area contributed by atoms with E-state index < -0.39 is 0 Å². The van der Waals surface area contributed by atoms with Crippen molar-refractivity contribution in [3.05, 3.63) is 58.3 Å². The molecule has 0 aliphatic heterocycles. The SMILES string of the molecule is O=C(C=Cc1cccs1)NC(=S)Nc1cccc(CO)c1. The lowest BCUT2D eigenvalue weighted by Gasteiger charge is -2.08. The van der Waals surface area contributed by atoms with Crippen LogP contribution in [0.2, 0.25) is 0 Å². The molecule has 0 unspecified atom stereocenters. The molecular weight excluding hydrogens is 304 g/mol. The van der Waals surface area contributed by atoms with Gasteiger partial charge < -0.3 is 10.4 Å². The first-order valence-corrected chi connectivity index (χ1v) is 7.49. The Bertz CT molecular complexity index is 651. The summed E-state index contributed by atoms with van der Waals surface area (Å²) in [6.07, 6.45) is 3.17. The van der Waals surface area contributed by atoms with Crippen LogP contribution in [0.1, 0.15) is 10.4 Å². The lowest BCUT2D eigenvalue weighted by Crippen LogP contribution is -2.32. The van der Waals surface area contributed by atoms with Crippen LogP contribution in [-0.2, 0) is 11.4 Å². The van der Waals surface area contributed by atoms with Crippen molar-refractivity contribution in [2.24, 2.45) is 0 Å². The predicted molar refractivity (Wildman–Crippen MR) is 90.1 cm³/mol. The average Bonchev–Trinajstić information content (AvgIpc) is 2.98. The van der Waals surface area contributed by atoms with Crippen LogP contribution in [-0.4, -0.2) is 16.1 Å². The number of thiophene rings is 1. The molecule has 0 radical (unpaired) electrons. The van der Waals surface area contributed by atoms with Crippen molar-refractivity contribution in [1.82, 2.24) is 5.32 Å². The van der Waals surface area contributed by atoms with E-state index in [1.54, 1.807) is 41.7 Å². The number of hydrogen-bond donors (Lipinski definition) is 3. The van der Waals surface area contributed by atoms with Crippen LogP contribution in [0.4, 0.5) is 5.69 Å². The van der Waals surface area contributed by atoms with E-state index >= 15 is 0 Å². The second kappa shape index (κ2) is 7.68.